The van der Waals surface area contributed by atoms with Gasteiger partial charge >= 0.3 is 6.18 Å². The largest absolute Gasteiger partial charge is 0.417 e. The molecule has 1 saturated heterocycles. The van der Waals surface area contributed by atoms with Crippen LogP contribution in [0.1, 0.15) is 24.0 Å². The zero-order valence-corrected chi connectivity index (χ0v) is 10.8. The molecule has 108 valence electrons. The highest BCUT2D eigenvalue weighted by Crippen LogP contribution is 2.33. The number of anilines is 1. The van der Waals surface area contributed by atoms with Gasteiger partial charge in [-0.2, -0.15) is 18.4 Å². The summed E-state index contributed by atoms with van der Waals surface area (Å²) in [4.78, 5) is 0. The normalized spacial score (nSPS) is 19.4. The molecule has 1 atom stereocenters. The van der Waals surface area contributed by atoms with Crippen LogP contribution in [0.15, 0.2) is 18.2 Å². The fraction of sp³-hybridized carbons (Fsp3) is 0.500. The summed E-state index contributed by atoms with van der Waals surface area (Å²) < 4.78 is 43.8. The standard InChI is InChI=1S/C14H15F3N2O/c15-14(16,17)13-6-12(4-3-11(13)7-18)19-8-10-2-1-5-20-9-10/h3-4,6,10,19H,1-2,5,8-9H2. The van der Waals surface area contributed by atoms with Crippen molar-refractivity contribution in [2.45, 2.75) is 19.0 Å². The first-order valence-corrected chi connectivity index (χ1v) is 6.43. The highest BCUT2D eigenvalue weighted by Gasteiger charge is 2.33. The molecule has 0 amide bonds. The highest BCUT2D eigenvalue weighted by molar-refractivity contribution is 5.53. The molecule has 1 aliphatic heterocycles. The molecule has 1 aromatic carbocycles. The van der Waals surface area contributed by atoms with Crippen LogP contribution in [0.2, 0.25) is 0 Å². The number of nitrogens with one attached hydrogen (secondary N) is 1. The second kappa shape index (κ2) is 6.14. The summed E-state index contributed by atoms with van der Waals surface area (Å²) in [6.45, 7) is 1.96. The number of nitrogens with zero attached hydrogens (tertiary/aromatic N) is 1. The lowest BCUT2D eigenvalue weighted by molar-refractivity contribution is -0.137. The Balaban J connectivity index is 2.07. The van der Waals surface area contributed by atoms with Crippen LogP contribution >= 0.6 is 0 Å². The van der Waals surface area contributed by atoms with E-state index >= 15 is 0 Å². The average Bonchev–Trinajstić information content (AvgIpc) is 2.45. The average molecular weight is 284 g/mol. The molecule has 2 rings (SSSR count). The van der Waals surface area contributed by atoms with E-state index < -0.39 is 11.7 Å². The van der Waals surface area contributed by atoms with Gasteiger partial charge in [-0.1, -0.05) is 0 Å². The maximum Gasteiger partial charge on any atom is 0.417 e. The van der Waals surface area contributed by atoms with Crippen molar-refractivity contribution < 1.29 is 17.9 Å². The summed E-state index contributed by atoms with van der Waals surface area (Å²) in [5, 5.41) is 11.7. The van der Waals surface area contributed by atoms with Crippen LogP contribution in [0.5, 0.6) is 0 Å². The van der Waals surface area contributed by atoms with Gasteiger partial charge in [0, 0.05) is 18.8 Å². The maximum absolute atomic E-state index is 12.8. The Morgan fingerprint density at radius 1 is 1.40 bits per heavy atom. The Hall–Kier alpha value is -1.74. The van der Waals surface area contributed by atoms with Crippen LogP contribution in [0.25, 0.3) is 0 Å². The van der Waals surface area contributed by atoms with E-state index in [0.717, 1.165) is 25.5 Å². The third kappa shape index (κ3) is 3.64. The van der Waals surface area contributed by atoms with E-state index in [1.165, 1.54) is 12.1 Å². The van der Waals surface area contributed by atoms with E-state index in [1.54, 1.807) is 6.07 Å². The number of nitriles is 1. The van der Waals surface area contributed by atoms with Crippen LogP contribution in [0.4, 0.5) is 18.9 Å². The third-order valence-electron chi connectivity index (χ3n) is 3.29. The molecule has 1 heterocycles. The van der Waals surface area contributed by atoms with Gasteiger partial charge < -0.3 is 10.1 Å². The molecule has 0 radical (unpaired) electrons. The van der Waals surface area contributed by atoms with Gasteiger partial charge in [0.05, 0.1) is 23.8 Å². The minimum absolute atomic E-state index is 0.314. The van der Waals surface area contributed by atoms with Crippen LogP contribution in [-0.4, -0.2) is 19.8 Å². The molecular weight excluding hydrogens is 269 g/mol. The first-order valence-electron chi connectivity index (χ1n) is 6.43. The molecule has 0 aliphatic carbocycles. The van der Waals surface area contributed by atoms with Gasteiger partial charge in [0.2, 0.25) is 0 Å². The van der Waals surface area contributed by atoms with E-state index in [-0.39, 0.29) is 5.56 Å². The van der Waals surface area contributed by atoms with E-state index in [2.05, 4.69) is 5.32 Å². The van der Waals surface area contributed by atoms with E-state index in [4.69, 9.17) is 10.00 Å². The number of hydrogen-bond acceptors (Lipinski definition) is 3. The molecule has 1 aliphatic rings. The molecule has 1 unspecified atom stereocenters. The third-order valence-corrected chi connectivity index (χ3v) is 3.29. The van der Waals surface area contributed by atoms with Gasteiger partial charge in [-0.25, -0.2) is 0 Å². The quantitative estimate of drug-likeness (QED) is 0.925. The number of benzene rings is 1. The van der Waals surface area contributed by atoms with Crippen LogP contribution in [0.3, 0.4) is 0 Å². The summed E-state index contributed by atoms with van der Waals surface area (Å²) >= 11 is 0. The lowest BCUT2D eigenvalue weighted by Crippen LogP contribution is -2.24. The van der Waals surface area contributed by atoms with E-state index in [9.17, 15) is 13.2 Å². The fourth-order valence-corrected chi connectivity index (χ4v) is 2.22. The molecule has 3 nitrogen and oxygen atoms in total. The number of hydrogen-bond donors (Lipinski definition) is 1. The van der Waals surface area contributed by atoms with Crippen molar-refractivity contribution in [3.8, 4) is 6.07 Å². The van der Waals surface area contributed by atoms with Crippen molar-refractivity contribution in [3.63, 3.8) is 0 Å². The van der Waals surface area contributed by atoms with Crippen LogP contribution in [-0.2, 0) is 10.9 Å². The molecule has 0 aromatic heterocycles. The van der Waals surface area contributed by atoms with Crippen molar-refractivity contribution in [3.05, 3.63) is 29.3 Å². The first kappa shape index (κ1) is 14.7. The molecule has 1 aromatic rings. The predicted molar refractivity (Wildman–Crippen MR) is 68.2 cm³/mol. The van der Waals surface area contributed by atoms with Gasteiger partial charge in [-0.3, -0.25) is 0 Å². The fourth-order valence-electron chi connectivity index (χ4n) is 2.22. The van der Waals surface area contributed by atoms with Crippen LogP contribution in [0, 0.1) is 17.2 Å². The van der Waals surface area contributed by atoms with Crippen molar-refractivity contribution in [1.82, 2.24) is 0 Å². The van der Waals surface area contributed by atoms with E-state index in [1.807, 2.05) is 0 Å². The monoisotopic (exact) mass is 284 g/mol. The minimum Gasteiger partial charge on any atom is -0.385 e. The molecule has 20 heavy (non-hydrogen) atoms. The van der Waals surface area contributed by atoms with E-state index in [0.29, 0.717) is 24.8 Å². The molecule has 0 spiro atoms. The SMILES string of the molecule is N#Cc1ccc(NCC2CCCOC2)cc1C(F)(F)F. The molecule has 0 saturated carbocycles. The smallest absolute Gasteiger partial charge is 0.385 e. The Morgan fingerprint density at radius 2 is 2.20 bits per heavy atom. The molecular formula is C14H15F3N2O. The van der Waals surface area contributed by atoms with Gasteiger partial charge in [-0.05, 0) is 37.0 Å². The summed E-state index contributed by atoms with van der Waals surface area (Å²) in [6, 6.07) is 5.25. The highest BCUT2D eigenvalue weighted by atomic mass is 19.4. The zero-order chi connectivity index (χ0) is 14.6. The van der Waals surface area contributed by atoms with Crippen molar-refractivity contribution in [2.24, 2.45) is 5.92 Å². The lowest BCUT2D eigenvalue weighted by Gasteiger charge is -2.23. The Labute approximate surface area is 115 Å². The Morgan fingerprint density at radius 3 is 2.80 bits per heavy atom. The molecule has 6 heteroatoms. The number of halogens is 3. The topological polar surface area (TPSA) is 45.0 Å². The number of ether oxygens (including phenoxy) is 1. The Bertz CT molecular complexity index is 502. The molecule has 0 bridgehead atoms. The summed E-state index contributed by atoms with van der Waals surface area (Å²) in [7, 11) is 0. The number of alkyl halides is 3. The zero-order valence-electron chi connectivity index (χ0n) is 10.8. The van der Waals surface area contributed by atoms with Gasteiger partial charge in [-0.15, -0.1) is 0 Å². The first-order chi connectivity index (χ1) is 9.50. The summed E-state index contributed by atoms with van der Waals surface area (Å²) in [6.07, 6.45) is -2.53. The number of rotatable bonds is 3. The second-order valence-electron chi connectivity index (χ2n) is 4.83. The molecule has 1 N–H and O–H groups in total. The second-order valence-corrected chi connectivity index (χ2v) is 4.83. The van der Waals surface area contributed by atoms with Crippen molar-refractivity contribution >= 4 is 5.69 Å². The Kier molecular flexibility index (Phi) is 4.50. The van der Waals surface area contributed by atoms with Crippen molar-refractivity contribution in [1.29, 1.82) is 5.26 Å². The lowest BCUT2D eigenvalue weighted by atomic mass is 10.0. The maximum atomic E-state index is 12.8. The van der Waals surface area contributed by atoms with Crippen molar-refractivity contribution in [2.75, 3.05) is 25.1 Å². The minimum atomic E-state index is -4.52. The molecule has 1 fully saturated rings. The van der Waals surface area contributed by atoms with Gasteiger partial charge in [0.15, 0.2) is 0 Å². The summed E-state index contributed by atoms with van der Waals surface area (Å²) in [5.74, 6) is 0.314. The summed E-state index contributed by atoms with van der Waals surface area (Å²) in [5.41, 5.74) is -0.879. The predicted octanol–water partition coefficient (Wildman–Crippen LogP) is 3.42. The van der Waals surface area contributed by atoms with Gasteiger partial charge in [0.25, 0.3) is 0 Å². The van der Waals surface area contributed by atoms with Gasteiger partial charge in [0.1, 0.15) is 0 Å². The van der Waals surface area contributed by atoms with Crippen LogP contribution < -0.4 is 5.32 Å².